The van der Waals surface area contributed by atoms with Crippen molar-refractivity contribution in [3.05, 3.63) is 70.5 Å². The Morgan fingerprint density at radius 2 is 1.88 bits per heavy atom. The number of benzene rings is 2. The Morgan fingerprint density at radius 3 is 2.73 bits per heavy atom. The minimum Gasteiger partial charge on any atom is -0.299 e. The first kappa shape index (κ1) is 16.5. The number of aromatic amines is 1. The molecule has 0 amide bonds. The van der Waals surface area contributed by atoms with Crippen LogP contribution in [0.3, 0.4) is 0 Å². The molecule has 4 aromatic rings. The average molecular weight is 367 g/mol. The summed E-state index contributed by atoms with van der Waals surface area (Å²) in [5, 5.41) is 7.90. The molecule has 0 atom stereocenters. The Kier molecular flexibility index (Phi) is 4.26. The molecule has 2 heterocycles. The number of nitrogens with zero attached hydrogens (tertiary/aromatic N) is 4. The van der Waals surface area contributed by atoms with Gasteiger partial charge in [0.1, 0.15) is 11.6 Å². The van der Waals surface area contributed by atoms with Crippen LogP contribution in [0.5, 0.6) is 0 Å². The van der Waals surface area contributed by atoms with E-state index in [0.29, 0.717) is 39.0 Å². The summed E-state index contributed by atoms with van der Waals surface area (Å²) in [6, 6.07) is 13.6. The van der Waals surface area contributed by atoms with E-state index < -0.39 is 0 Å². The predicted octanol–water partition coefficient (Wildman–Crippen LogP) is 3.15. The van der Waals surface area contributed by atoms with E-state index >= 15 is 0 Å². The van der Waals surface area contributed by atoms with Crippen LogP contribution >= 0.6 is 11.8 Å². The van der Waals surface area contributed by atoms with Crippen LogP contribution in [0, 0.1) is 5.82 Å². The lowest BCUT2D eigenvalue weighted by atomic mass is 10.2. The van der Waals surface area contributed by atoms with Crippen LogP contribution in [-0.4, -0.2) is 24.7 Å². The topological polar surface area (TPSA) is 76.5 Å². The molecule has 130 valence electrons. The van der Waals surface area contributed by atoms with Gasteiger partial charge in [0, 0.05) is 7.05 Å². The van der Waals surface area contributed by atoms with E-state index in [9.17, 15) is 9.18 Å². The SMILES string of the molecule is Cn1c(CSc2n[nH]c(-c3ccccc3F)n2)nc2ccccc2c1=O. The minimum atomic E-state index is -0.362. The zero-order valence-corrected chi connectivity index (χ0v) is 14.6. The number of hydrogen-bond acceptors (Lipinski definition) is 5. The van der Waals surface area contributed by atoms with E-state index in [2.05, 4.69) is 20.2 Å². The third kappa shape index (κ3) is 2.99. The Hall–Kier alpha value is -3.00. The molecular formula is C18H14FN5OS. The smallest absolute Gasteiger partial charge is 0.261 e. The molecule has 4 rings (SSSR count). The van der Waals surface area contributed by atoms with E-state index in [1.807, 2.05) is 18.2 Å². The molecule has 0 saturated heterocycles. The zero-order chi connectivity index (χ0) is 18.1. The predicted molar refractivity (Wildman–Crippen MR) is 98.3 cm³/mol. The van der Waals surface area contributed by atoms with E-state index in [1.54, 1.807) is 31.3 Å². The Morgan fingerprint density at radius 1 is 1.12 bits per heavy atom. The second kappa shape index (κ2) is 6.72. The van der Waals surface area contributed by atoms with Gasteiger partial charge in [-0.3, -0.25) is 14.5 Å². The first-order chi connectivity index (χ1) is 12.6. The molecule has 1 N–H and O–H groups in total. The van der Waals surface area contributed by atoms with Crippen molar-refractivity contribution < 1.29 is 4.39 Å². The van der Waals surface area contributed by atoms with E-state index in [1.165, 1.54) is 22.4 Å². The molecule has 26 heavy (non-hydrogen) atoms. The number of aromatic nitrogens is 5. The fraction of sp³-hybridized carbons (Fsp3) is 0.111. The number of rotatable bonds is 4. The van der Waals surface area contributed by atoms with Gasteiger partial charge < -0.3 is 0 Å². The molecule has 2 aromatic heterocycles. The Balaban J connectivity index is 1.59. The van der Waals surface area contributed by atoms with Crippen LogP contribution in [0.2, 0.25) is 0 Å². The molecule has 0 aliphatic heterocycles. The number of fused-ring (bicyclic) bond motifs is 1. The monoisotopic (exact) mass is 367 g/mol. The van der Waals surface area contributed by atoms with Gasteiger partial charge in [0.05, 0.1) is 22.2 Å². The third-order valence-electron chi connectivity index (χ3n) is 4.00. The van der Waals surface area contributed by atoms with E-state index in [0.717, 1.165) is 0 Å². The highest BCUT2D eigenvalue weighted by Crippen LogP contribution is 2.23. The number of halogens is 1. The summed E-state index contributed by atoms with van der Waals surface area (Å²) < 4.78 is 15.4. The van der Waals surface area contributed by atoms with Crippen molar-refractivity contribution >= 4 is 22.7 Å². The summed E-state index contributed by atoms with van der Waals surface area (Å²) in [4.78, 5) is 21.3. The fourth-order valence-corrected chi connectivity index (χ4v) is 3.39. The molecule has 0 spiro atoms. The maximum Gasteiger partial charge on any atom is 0.261 e. The normalized spacial score (nSPS) is 11.2. The molecule has 0 aliphatic carbocycles. The van der Waals surface area contributed by atoms with Crippen LogP contribution in [0.1, 0.15) is 5.82 Å². The van der Waals surface area contributed by atoms with Crippen molar-refractivity contribution in [1.82, 2.24) is 24.7 Å². The zero-order valence-electron chi connectivity index (χ0n) is 13.8. The second-order valence-corrected chi connectivity index (χ2v) is 6.59. The maximum absolute atomic E-state index is 13.8. The Labute approximate surface area is 152 Å². The molecule has 0 saturated carbocycles. The quantitative estimate of drug-likeness (QED) is 0.561. The Bertz CT molecular complexity index is 1150. The number of H-pyrrole nitrogens is 1. The van der Waals surface area contributed by atoms with E-state index in [-0.39, 0.29) is 11.4 Å². The number of thioether (sulfide) groups is 1. The number of hydrogen-bond donors (Lipinski definition) is 1. The highest BCUT2D eigenvalue weighted by Gasteiger charge is 2.12. The third-order valence-corrected chi connectivity index (χ3v) is 4.84. The molecular weight excluding hydrogens is 353 g/mol. The van der Waals surface area contributed by atoms with Crippen molar-refractivity contribution in [1.29, 1.82) is 0 Å². The summed E-state index contributed by atoms with van der Waals surface area (Å²) in [5.41, 5.74) is 0.935. The van der Waals surface area contributed by atoms with Crippen LogP contribution in [0.4, 0.5) is 4.39 Å². The average Bonchev–Trinajstić information content (AvgIpc) is 3.13. The van der Waals surface area contributed by atoms with Gasteiger partial charge in [-0.15, -0.1) is 5.10 Å². The molecule has 8 heteroatoms. The maximum atomic E-state index is 13.8. The van der Waals surface area contributed by atoms with Crippen LogP contribution in [0.25, 0.3) is 22.3 Å². The van der Waals surface area contributed by atoms with Crippen LogP contribution in [0.15, 0.2) is 58.5 Å². The van der Waals surface area contributed by atoms with Crippen LogP contribution in [-0.2, 0) is 12.8 Å². The molecule has 0 radical (unpaired) electrons. The number of nitrogens with one attached hydrogen (secondary N) is 1. The van der Waals surface area contributed by atoms with Gasteiger partial charge in [0.25, 0.3) is 5.56 Å². The molecule has 6 nitrogen and oxygen atoms in total. The molecule has 0 fully saturated rings. The largest absolute Gasteiger partial charge is 0.299 e. The van der Waals surface area contributed by atoms with Gasteiger partial charge in [-0.25, -0.2) is 14.4 Å². The standard InChI is InChI=1S/C18H14FN5OS/c1-24-15(20-14-9-5-3-7-12(14)17(24)25)10-26-18-21-16(22-23-18)11-6-2-4-8-13(11)19/h2-9H,10H2,1H3,(H,21,22,23). The lowest BCUT2D eigenvalue weighted by molar-refractivity contribution is 0.630. The summed E-state index contributed by atoms with van der Waals surface area (Å²) >= 11 is 1.33. The van der Waals surface area contributed by atoms with Crippen LogP contribution < -0.4 is 5.56 Å². The fourth-order valence-electron chi connectivity index (χ4n) is 2.61. The van der Waals surface area contributed by atoms with Gasteiger partial charge in [-0.2, -0.15) is 0 Å². The summed E-state index contributed by atoms with van der Waals surface area (Å²) in [6.45, 7) is 0. The van der Waals surface area contributed by atoms with Gasteiger partial charge in [0.15, 0.2) is 5.82 Å². The highest BCUT2D eigenvalue weighted by atomic mass is 32.2. The highest BCUT2D eigenvalue weighted by molar-refractivity contribution is 7.98. The minimum absolute atomic E-state index is 0.0896. The second-order valence-electron chi connectivity index (χ2n) is 5.64. The van der Waals surface area contributed by atoms with Crippen molar-refractivity contribution in [2.24, 2.45) is 7.05 Å². The van der Waals surface area contributed by atoms with Crippen molar-refractivity contribution in [2.45, 2.75) is 10.9 Å². The van der Waals surface area contributed by atoms with Gasteiger partial charge in [-0.05, 0) is 24.3 Å². The summed E-state index contributed by atoms with van der Waals surface area (Å²) in [7, 11) is 1.69. The van der Waals surface area contributed by atoms with Gasteiger partial charge in [0.2, 0.25) is 5.16 Å². The lowest BCUT2D eigenvalue weighted by Crippen LogP contribution is -2.21. The molecule has 0 bridgehead atoms. The molecule has 0 unspecified atom stereocenters. The first-order valence-electron chi connectivity index (χ1n) is 7.88. The lowest BCUT2D eigenvalue weighted by Gasteiger charge is -2.07. The van der Waals surface area contributed by atoms with Gasteiger partial charge in [-0.1, -0.05) is 36.0 Å². The van der Waals surface area contributed by atoms with E-state index in [4.69, 9.17) is 0 Å². The summed E-state index contributed by atoms with van der Waals surface area (Å²) in [5.74, 6) is 1.05. The first-order valence-corrected chi connectivity index (χ1v) is 8.87. The molecule has 2 aromatic carbocycles. The van der Waals surface area contributed by atoms with Crippen molar-refractivity contribution in [3.63, 3.8) is 0 Å². The van der Waals surface area contributed by atoms with Crippen molar-refractivity contribution in [2.75, 3.05) is 0 Å². The van der Waals surface area contributed by atoms with Gasteiger partial charge >= 0.3 is 0 Å². The number of para-hydroxylation sites is 1. The summed E-state index contributed by atoms with van der Waals surface area (Å²) in [6.07, 6.45) is 0. The molecule has 0 aliphatic rings. The van der Waals surface area contributed by atoms with Crippen molar-refractivity contribution in [3.8, 4) is 11.4 Å².